The summed E-state index contributed by atoms with van der Waals surface area (Å²) in [6.45, 7) is 6.19. The highest BCUT2D eigenvalue weighted by Gasteiger charge is 2.17. The van der Waals surface area contributed by atoms with Gasteiger partial charge < -0.3 is 10.6 Å². The lowest BCUT2D eigenvalue weighted by atomic mass is 10.0. The van der Waals surface area contributed by atoms with Gasteiger partial charge in [0.15, 0.2) is 0 Å². The molecular formula is C13H21N5. The first-order valence-electron chi connectivity index (χ1n) is 6.51. The van der Waals surface area contributed by atoms with Gasteiger partial charge in [0, 0.05) is 18.8 Å². The Morgan fingerprint density at radius 3 is 2.89 bits per heavy atom. The third-order valence-electron chi connectivity index (χ3n) is 3.42. The molecule has 0 bridgehead atoms. The van der Waals surface area contributed by atoms with Crippen LogP contribution in [0.15, 0.2) is 6.07 Å². The van der Waals surface area contributed by atoms with Crippen LogP contribution in [0, 0.1) is 18.3 Å². The van der Waals surface area contributed by atoms with Gasteiger partial charge in [0.25, 0.3) is 0 Å². The van der Waals surface area contributed by atoms with E-state index in [1.54, 1.807) is 6.07 Å². The summed E-state index contributed by atoms with van der Waals surface area (Å²) in [7, 11) is 0. The molecule has 2 heterocycles. The Balaban J connectivity index is 2.24. The molecule has 0 aromatic carbocycles. The first kappa shape index (κ1) is 12.8. The van der Waals surface area contributed by atoms with Gasteiger partial charge in [0.05, 0.1) is 0 Å². The van der Waals surface area contributed by atoms with E-state index in [1.807, 2.05) is 6.92 Å². The zero-order valence-electron chi connectivity index (χ0n) is 11.1. The average molecular weight is 247 g/mol. The number of nitrogens with one attached hydrogen (secondary N) is 1. The number of nitrogen functional groups attached to an aromatic ring is 1. The van der Waals surface area contributed by atoms with Gasteiger partial charge in [0.2, 0.25) is 5.95 Å². The molecule has 98 valence electrons. The van der Waals surface area contributed by atoms with Crippen LogP contribution in [0.25, 0.3) is 0 Å². The summed E-state index contributed by atoms with van der Waals surface area (Å²) < 4.78 is 0. The Hall–Kier alpha value is -1.65. The molecule has 5 nitrogen and oxygen atoms in total. The third kappa shape index (κ3) is 2.97. The number of hydrogen-bond donors (Lipinski definition) is 2. The van der Waals surface area contributed by atoms with E-state index in [0.29, 0.717) is 11.6 Å². The Labute approximate surface area is 108 Å². The zero-order valence-corrected chi connectivity index (χ0v) is 11.1. The van der Waals surface area contributed by atoms with Crippen molar-refractivity contribution in [2.45, 2.75) is 33.1 Å². The fraction of sp³-hybridized carbons (Fsp3) is 0.615. The number of nitrogens with zero attached hydrogens (tertiary/aromatic N) is 3. The molecule has 1 fully saturated rings. The Bertz CT molecular complexity index is 443. The van der Waals surface area contributed by atoms with Crippen LogP contribution in [-0.2, 0) is 0 Å². The molecule has 0 radical (unpaired) electrons. The number of rotatable bonds is 2. The number of aromatic nitrogens is 2. The molecule has 1 aliphatic rings. The van der Waals surface area contributed by atoms with E-state index in [4.69, 9.17) is 11.1 Å². The van der Waals surface area contributed by atoms with Crippen molar-refractivity contribution in [3.8, 4) is 0 Å². The van der Waals surface area contributed by atoms with E-state index in [1.165, 1.54) is 19.3 Å². The molecule has 0 saturated carbocycles. The molecule has 1 unspecified atom stereocenters. The molecule has 1 aromatic rings. The van der Waals surface area contributed by atoms with Crippen molar-refractivity contribution in [2.75, 3.05) is 18.0 Å². The smallest absolute Gasteiger partial charge is 0.226 e. The van der Waals surface area contributed by atoms with Crippen LogP contribution < -0.4 is 10.6 Å². The third-order valence-corrected chi connectivity index (χ3v) is 3.42. The summed E-state index contributed by atoms with van der Waals surface area (Å²) in [4.78, 5) is 11.1. The van der Waals surface area contributed by atoms with Crippen LogP contribution in [0.2, 0.25) is 0 Å². The minimum atomic E-state index is 0.00457. The highest BCUT2D eigenvalue weighted by atomic mass is 15.3. The van der Waals surface area contributed by atoms with Crippen LogP contribution in [-0.4, -0.2) is 28.9 Å². The number of amidine groups is 1. The van der Waals surface area contributed by atoms with Crippen molar-refractivity contribution in [2.24, 2.45) is 11.7 Å². The maximum absolute atomic E-state index is 7.49. The van der Waals surface area contributed by atoms with Gasteiger partial charge in [-0.25, -0.2) is 9.97 Å². The van der Waals surface area contributed by atoms with Gasteiger partial charge in [-0.3, -0.25) is 5.41 Å². The number of hydrogen-bond acceptors (Lipinski definition) is 4. The van der Waals surface area contributed by atoms with Crippen molar-refractivity contribution >= 4 is 11.8 Å². The van der Waals surface area contributed by atoms with Crippen molar-refractivity contribution in [1.82, 2.24) is 9.97 Å². The second-order valence-corrected chi connectivity index (χ2v) is 5.13. The largest absolute Gasteiger partial charge is 0.382 e. The van der Waals surface area contributed by atoms with Crippen LogP contribution in [0.5, 0.6) is 0 Å². The SMILES string of the molecule is Cc1cc(C(=N)N)nc(N2CCCC(C)CC2)n1. The van der Waals surface area contributed by atoms with Gasteiger partial charge in [0.1, 0.15) is 11.5 Å². The van der Waals surface area contributed by atoms with Gasteiger partial charge in [-0.15, -0.1) is 0 Å². The van der Waals surface area contributed by atoms with E-state index in [9.17, 15) is 0 Å². The molecule has 0 aliphatic carbocycles. The molecule has 1 atom stereocenters. The number of nitrogens with two attached hydrogens (primary N) is 1. The fourth-order valence-corrected chi connectivity index (χ4v) is 2.30. The maximum atomic E-state index is 7.49. The van der Waals surface area contributed by atoms with Crippen LogP contribution >= 0.6 is 0 Å². The molecule has 3 N–H and O–H groups in total. The predicted molar refractivity (Wildman–Crippen MR) is 73.0 cm³/mol. The highest BCUT2D eigenvalue weighted by Crippen LogP contribution is 2.20. The molecule has 1 saturated heterocycles. The summed E-state index contributed by atoms with van der Waals surface area (Å²) in [5.41, 5.74) is 6.89. The normalized spacial score (nSPS) is 20.6. The predicted octanol–water partition coefficient (Wildman–Crippen LogP) is 1.70. The fourth-order valence-electron chi connectivity index (χ4n) is 2.30. The topological polar surface area (TPSA) is 78.9 Å². The maximum Gasteiger partial charge on any atom is 0.226 e. The van der Waals surface area contributed by atoms with E-state index < -0.39 is 0 Å². The van der Waals surface area contributed by atoms with E-state index in [2.05, 4.69) is 21.8 Å². The van der Waals surface area contributed by atoms with E-state index in [-0.39, 0.29) is 5.84 Å². The van der Waals surface area contributed by atoms with Crippen molar-refractivity contribution in [1.29, 1.82) is 5.41 Å². The second kappa shape index (κ2) is 5.33. The molecule has 0 spiro atoms. The first-order chi connectivity index (χ1) is 8.56. The Kier molecular flexibility index (Phi) is 3.79. The van der Waals surface area contributed by atoms with Crippen molar-refractivity contribution in [3.63, 3.8) is 0 Å². The molecular weight excluding hydrogens is 226 g/mol. The molecule has 18 heavy (non-hydrogen) atoms. The van der Waals surface area contributed by atoms with Gasteiger partial charge in [-0.05, 0) is 38.2 Å². The minimum absolute atomic E-state index is 0.00457. The van der Waals surface area contributed by atoms with Crippen LogP contribution in [0.3, 0.4) is 0 Å². The second-order valence-electron chi connectivity index (χ2n) is 5.13. The molecule has 0 amide bonds. The summed E-state index contributed by atoms with van der Waals surface area (Å²) in [6.07, 6.45) is 3.61. The summed E-state index contributed by atoms with van der Waals surface area (Å²) in [5, 5.41) is 7.49. The molecule has 1 aliphatic heterocycles. The van der Waals surface area contributed by atoms with Crippen LogP contribution in [0.4, 0.5) is 5.95 Å². The van der Waals surface area contributed by atoms with Gasteiger partial charge in [-0.2, -0.15) is 0 Å². The molecule has 2 rings (SSSR count). The Morgan fingerprint density at radius 1 is 1.39 bits per heavy atom. The Morgan fingerprint density at radius 2 is 2.17 bits per heavy atom. The highest BCUT2D eigenvalue weighted by molar-refractivity contribution is 5.93. The summed E-state index contributed by atoms with van der Waals surface area (Å²) in [6, 6.07) is 1.76. The van der Waals surface area contributed by atoms with Crippen molar-refractivity contribution < 1.29 is 0 Å². The minimum Gasteiger partial charge on any atom is -0.382 e. The summed E-state index contributed by atoms with van der Waals surface area (Å²) in [5.74, 6) is 1.49. The molecule has 5 heteroatoms. The lowest BCUT2D eigenvalue weighted by molar-refractivity contribution is 0.521. The first-order valence-corrected chi connectivity index (χ1v) is 6.51. The van der Waals surface area contributed by atoms with Crippen LogP contribution in [0.1, 0.15) is 37.6 Å². The van der Waals surface area contributed by atoms with Gasteiger partial charge >= 0.3 is 0 Å². The quantitative estimate of drug-likeness (QED) is 0.616. The van der Waals surface area contributed by atoms with E-state index in [0.717, 1.165) is 24.7 Å². The average Bonchev–Trinajstić information content (AvgIpc) is 2.53. The van der Waals surface area contributed by atoms with Crippen molar-refractivity contribution in [3.05, 3.63) is 17.5 Å². The van der Waals surface area contributed by atoms with Gasteiger partial charge in [-0.1, -0.05) is 6.92 Å². The number of aryl methyl sites for hydroxylation is 1. The molecule has 1 aromatic heterocycles. The zero-order chi connectivity index (χ0) is 13.1. The standard InChI is InChI=1S/C13H21N5/c1-9-4-3-6-18(7-5-9)13-16-10(2)8-11(17-13)12(14)15/h8-9H,3-7H2,1-2H3,(H3,14,15). The number of anilines is 1. The lowest BCUT2D eigenvalue weighted by Gasteiger charge is -2.21. The lowest BCUT2D eigenvalue weighted by Crippen LogP contribution is -2.27. The van der Waals surface area contributed by atoms with E-state index >= 15 is 0 Å². The monoisotopic (exact) mass is 247 g/mol. The summed E-state index contributed by atoms with van der Waals surface area (Å²) >= 11 is 0.